The molecule has 0 amide bonds. The van der Waals surface area contributed by atoms with Crippen molar-refractivity contribution >= 4 is 34.8 Å². The fraction of sp³-hybridized carbons (Fsp3) is 0.297. The molecular formula is C37H36ClF2N7O6. The van der Waals surface area contributed by atoms with E-state index in [2.05, 4.69) is 30.3 Å². The van der Waals surface area contributed by atoms with Gasteiger partial charge >= 0.3 is 5.97 Å². The molecule has 276 valence electrons. The zero-order valence-corrected chi connectivity index (χ0v) is 29.4. The van der Waals surface area contributed by atoms with Crippen LogP contribution in [0.3, 0.4) is 0 Å². The zero-order valence-electron chi connectivity index (χ0n) is 28.7. The van der Waals surface area contributed by atoms with E-state index in [4.69, 9.17) is 30.8 Å². The van der Waals surface area contributed by atoms with Gasteiger partial charge in [-0.15, -0.1) is 5.10 Å². The number of carbonyl (C=O) groups excluding carboxylic acids is 1. The van der Waals surface area contributed by atoms with Gasteiger partial charge in [-0.05, 0) is 36.4 Å². The molecule has 0 bridgehead atoms. The Labute approximate surface area is 308 Å². The molecule has 1 aliphatic heterocycles. The van der Waals surface area contributed by atoms with Gasteiger partial charge in [0.2, 0.25) is 0 Å². The number of fused-ring (bicyclic) bond motifs is 3. The summed E-state index contributed by atoms with van der Waals surface area (Å²) in [5.74, 6) is -1.33. The van der Waals surface area contributed by atoms with Gasteiger partial charge in [0.25, 0.3) is 0 Å². The van der Waals surface area contributed by atoms with Crippen LogP contribution in [0, 0.1) is 11.6 Å². The van der Waals surface area contributed by atoms with Crippen LogP contribution < -0.4 is 5.32 Å². The van der Waals surface area contributed by atoms with Crippen molar-refractivity contribution in [1.29, 1.82) is 0 Å². The predicted molar refractivity (Wildman–Crippen MR) is 192 cm³/mol. The second-order valence-corrected chi connectivity index (χ2v) is 12.2. The number of aliphatic hydroxyl groups is 1. The minimum atomic E-state index is -0.803. The highest BCUT2D eigenvalue weighted by Gasteiger charge is 2.25. The first-order valence-corrected chi connectivity index (χ1v) is 17.1. The molecule has 0 fully saturated rings. The minimum Gasteiger partial charge on any atom is -0.469 e. The Morgan fingerprint density at radius 3 is 2.47 bits per heavy atom. The molecule has 53 heavy (non-hydrogen) atoms. The number of halogens is 3. The quantitative estimate of drug-likeness (QED) is 0.0928. The topological polar surface area (TPSA) is 155 Å². The molecule has 0 spiro atoms. The van der Waals surface area contributed by atoms with E-state index in [1.807, 2.05) is 24.3 Å². The lowest BCUT2D eigenvalue weighted by Gasteiger charge is -2.13. The van der Waals surface area contributed by atoms with Crippen LogP contribution >= 0.6 is 11.6 Å². The third-order valence-corrected chi connectivity index (χ3v) is 8.28. The number of nitrogens with zero attached hydrogens (tertiary/aromatic N) is 6. The summed E-state index contributed by atoms with van der Waals surface area (Å²) in [6.07, 6.45) is 2.71. The summed E-state index contributed by atoms with van der Waals surface area (Å²) in [5, 5.41) is 22.4. The summed E-state index contributed by atoms with van der Waals surface area (Å²) in [4.78, 5) is 25.0. The van der Waals surface area contributed by atoms with Gasteiger partial charge in [0.1, 0.15) is 23.1 Å². The minimum absolute atomic E-state index is 0.0609. The number of esters is 1. The highest BCUT2D eigenvalue weighted by Crippen LogP contribution is 2.34. The van der Waals surface area contributed by atoms with Crippen molar-refractivity contribution in [3.05, 3.63) is 107 Å². The van der Waals surface area contributed by atoms with E-state index in [0.717, 1.165) is 11.3 Å². The smallest absolute Gasteiger partial charge is 0.307 e. The van der Waals surface area contributed by atoms with Crippen molar-refractivity contribution in [3.63, 3.8) is 0 Å². The second-order valence-electron chi connectivity index (χ2n) is 11.8. The van der Waals surface area contributed by atoms with Crippen LogP contribution in [0.25, 0.3) is 22.5 Å². The maximum atomic E-state index is 14.9. The predicted octanol–water partition coefficient (Wildman–Crippen LogP) is 5.40. The molecule has 2 N–H and O–H groups in total. The van der Waals surface area contributed by atoms with Gasteiger partial charge in [-0.2, -0.15) is 0 Å². The number of carbonyl (C=O) groups is 1. The van der Waals surface area contributed by atoms with Crippen LogP contribution in [0.2, 0.25) is 5.02 Å². The first-order chi connectivity index (χ1) is 25.8. The molecule has 5 aromatic rings. The summed E-state index contributed by atoms with van der Waals surface area (Å²) in [7, 11) is 1.33. The third-order valence-electron chi connectivity index (χ3n) is 8.05. The number of aliphatic hydroxyl groups excluding tert-OH is 1. The molecule has 0 saturated carbocycles. The molecule has 0 aliphatic carbocycles. The average Bonchev–Trinajstić information content (AvgIpc) is 3.56. The highest BCUT2D eigenvalue weighted by atomic mass is 35.5. The Balaban J connectivity index is 1.02. The summed E-state index contributed by atoms with van der Waals surface area (Å²) >= 11 is 6.33. The molecule has 1 atom stereocenters. The molecule has 1 aliphatic rings. The Hall–Kier alpha value is -5.19. The lowest BCUT2D eigenvalue weighted by molar-refractivity contribution is -0.141. The van der Waals surface area contributed by atoms with E-state index in [1.54, 1.807) is 35.3 Å². The van der Waals surface area contributed by atoms with Crippen LogP contribution in [-0.4, -0.2) is 94.6 Å². The number of methoxy groups -OCH3 is 1. The van der Waals surface area contributed by atoms with Gasteiger partial charge in [0.05, 0.1) is 107 Å². The van der Waals surface area contributed by atoms with Crippen molar-refractivity contribution in [2.24, 2.45) is 4.99 Å². The van der Waals surface area contributed by atoms with Gasteiger partial charge in [0, 0.05) is 27.4 Å². The van der Waals surface area contributed by atoms with Crippen molar-refractivity contribution in [3.8, 4) is 22.5 Å². The van der Waals surface area contributed by atoms with E-state index in [0.29, 0.717) is 65.5 Å². The number of anilines is 2. The molecule has 3 aromatic carbocycles. The normalized spacial score (nSPS) is 12.7. The number of aromatic nitrogens is 5. The fourth-order valence-corrected chi connectivity index (χ4v) is 5.65. The Morgan fingerprint density at radius 1 is 0.981 bits per heavy atom. The summed E-state index contributed by atoms with van der Waals surface area (Å²) < 4.78 is 52.0. The van der Waals surface area contributed by atoms with E-state index < -0.39 is 17.7 Å². The Kier molecular flexibility index (Phi) is 12.8. The number of rotatable bonds is 17. The van der Waals surface area contributed by atoms with Crippen LogP contribution in [0.1, 0.15) is 23.2 Å². The average molecular weight is 748 g/mol. The lowest BCUT2D eigenvalue weighted by atomic mass is 9.95. The molecule has 6 rings (SSSR count). The van der Waals surface area contributed by atoms with E-state index >= 15 is 0 Å². The van der Waals surface area contributed by atoms with Crippen molar-refractivity contribution in [2.75, 3.05) is 52.1 Å². The number of benzene rings is 3. The van der Waals surface area contributed by atoms with Crippen molar-refractivity contribution in [2.45, 2.75) is 25.6 Å². The summed E-state index contributed by atoms with van der Waals surface area (Å²) in [6.45, 7) is 1.97. The van der Waals surface area contributed by atoms with Crippen molar-refractivity contribution in [1.82, 2.24) is 25.0 Å². The standard InChI is InChI=1S/C37H36ClF2N7O6/c1-50-34(49)11-12-51-13-14-52-15-16-53-22-26(48)20-47-21-32(45-46-47)23-5-8-25(9-6-23)43-33-19-41-31-18-42-37(35-29(39)3-2-4-30(35)40)28-17-24(38)7-10-27(28)36(31)44-33/h2-10,17,19,21,26,48H,11-16,18,20,22H2,1H3,(H,43,44). The van der Waals surface area contributed by atoms with Gasteiger partial charge < -0.3 is 29.4 Å². The highest BCUT2D eigenvalue weighted by molar-refractivity contribution is 6.31. The van der Waals surface area contributed by atoms with Crippen LogP contribution in [0.15, 0.2) is 78.0 Å². The largest absolute Gasteiger partial charge is 0.469 e. The SMILES string of the molecule is COC(=O)CCOCCOCCOCC(O)Cn1cc(-c2ccc(Nc3cnc4c(n3)-c3ccc(Cl)cc3C(c3c(F)cccc3F)=NC4)cc2)nn1. The van der Waals surface area contributed by atoms with E-state index in [9.17, 15) is 18.7 Å². The molecule has 1 unspecified atom stereocenters. The second kappa shape index (κ2) is 18.0. The number of aliphatic imine (C=N–C) groups is 1. The summed E-state index contributed by atoms with van der Waals surface area (Å²) in [6, 6.07) is 16.2. The van der Waals surface area contributed by atoms with Gasteiger partial charge in [-0.25, -0.2) is 18.4 Å². The van der Waals surface area contributed by atoms with Crippen LogP contribution in [0.5, 0.6) is 0 Å². The number of hydrogen-bond donors (Lipinski definition) is 2. The molecule has 0 saturated heterocycles. The number of hydrogen-bond acceptors (Lipinski definition) is 12. The van der Waals surface area contributed by atoms with Crippen molar-refractivity contribution < 1.29 is 37.6 Å². The van der Waals surface area contributed by atoms with Crippen LogP contribution in [-0.2, 0) is 36.8 Å². The molecular weight excluding hydrogens is 712 g/mol. The fourth-order valence-electron chi connectivity index (χ4n) is 5.48. The third kappa shape index (κ3) is 9.82. The van der Waals surface area contributed by atoms with E-state index in [1.165, 1.54) is 25.3 Å². The molecule has 0 radical (unpaired) electrons. The first-order valence-electron chi connectivity index (χ1n) is 16.7. The Morgan fingerprint density at radius 2 is 1.72 bits per heavy atom. The van der Waals surface area contributed by atoms with Gasteiger partial charge in [-0.3, -0.25) is 14.8 Å². The molecule has 3 heterocycles. The molecule has 13 nitrogen and oxygen atoms in total. The lowest BCUT2D eigenvalue weighted by Crippen LogP contribution is -2.23. The van der Waals surface area contributed by atoms with E-state index in [-0.39, 0.29) is 50.0 Å². The zero-order chi connectivity index (χ0) is 37.2. The first kappa shape index (κ1) is 37.6. The number of nitrogens with one attached hydrogen (secondary N) is 1. The maximum Gasteiger partial charge on any atom is 0.307 e. The van der Waals surface area contributed by atoms with Crippen LogP contribution in [0.4, 0.5) is 20.3 Å². The van der Waals surface area contributed by atoms with Gasteiger partial charge in [-0.1, -0.05) is 41.1 Å². The monoisotopic (exact) mass is 747 g/mol. The molecule has 16 heteroatoms. The molecule has 2 aromatic heterocycles. The maximum absolute atomic E-state index is 14.9. The van der Waals surface area contributed by atoms with Gasteiger partial charge in [0.15, 0.2) is 0 Å². The summed E-state index contributed by atoms with van der Waals surface area (Å²) in [5.41, 5.74) is 4.16. The number of ether oxygens (including phenoxy) is 4. The Bertz CT molecular complexity index is 2040.